The number of imide groups is 1. The van der Waals surface area contributed by atoms with E-state index in [0.717, 1.165) is 21.7 Å². The van der Waals surface area contributed by atoms with Gasteiger partial charge in [0.05, 0.1) is 11.1 Å². The molecule has 0 saturated carbocycles. The third kappa shape index (κ3) is 2.82. The van der Waals surface area contributed by atoms with Gasteiger partial charge in [-0.1, -0.05) is 6.07 Å². The van der Waals surface area contributed by atoms with Gasteiger partial charge < -0.3 is 4.90 Å². The highest BCUT2D eigenvalue weighted by atomic mass is 16.2. The Morgan fingerprint density at radius 1 is 0.960 bits per heavy atom. The number of nitrogens with zero attached hydrogens (tertiary/aromatic N) is 2. The molecule has 0 saturated heterocycles. The molecule has 0 N–H and O–H groups in total. The van der Waals surface area contributed by atoms with Gasteiger partial charge in [0, 0.05) is 24.8 Å². The zero-order chi connectivity index (χ0) is 18.3. The number of anilines is 1. The van der Waals surface area contributed by atoms with E-state index in [-0.39, 0.29) is 23.3 Å². The first kappa shape index (κ1) is 16.9. The molecule has 25 heavy (non-hydrogen) atoms. The molecule has 0 fully saturated rings. The Labute approximate surface area is 146 Å². The van der Waals surface area contributed by atoms with Crippen molar-refractivity contribution >= 4 is 23.4 Å². The molecule has 0 radical (unpaired) electrons. The van der Waals surface area contributed by atoms with Crippen molar-refractivity contribution in [3.05, 3.63) is 64.2 Å². The lowest BCUT2D eigenvalue weighted by Crippen LogP contribution is -2.31. The van der Waals surface area contributed by atoms with Crippen LogP contribution in [0.15, 0.2) is 36.4 Å². The van der Waals surface area contributed by atoms with Crippen LogP contribution >= 0.6 is 0 Å². The summed E-state index contributed by atoms with van der Waals surface area (Å²) >= 11 is 0. The van der Waals surface area contributed by atoms with E-state index in [4.69, 9.17) is 0 Å². The van der Waals surface area contributed by atoms with Crippen LogP contribution in [0.5, 0.6) is 0 Å². The molecular weight excluding hydrogens is 316 g/mol. The largest absolute Gasteiger partial charge is 0.309 e. The smallest absolute Gasteiger partial charge is 0.261 e. The molecular formula is C20H20N2O3. The maximum atomic E-state index is 13.0. The van der Waals surface area contributed by atoms with Crippen LogP contribution in [-0.2, 0) is 0 Å². The van der Waals surface area contributed by atoms with E-state index in [1.54, 1.807) is 17.0 Å². The second-order valence-electron chi connectivity index (χ2n) is 6.33. The lowest BCUT2D eigenvalue weighted by molar-refractivity contribution is 0.0693. The minimum absolute atomic E-state index is 0.190. The molecule has 0 unspecified atom stereocenters. The molecule has 5 heteroatoms. The number of carbonyl (C=O) groups excluding carboxylic acids is 3. The number of carbonyl (C=O) groups is 3. The van der Waals surface area contributed by atoms with Crippen LogP contribution in [0.2, 0.25) is 0 Å². The van der Waals surface area contributed by atoms with E-state index >= 15 is 0 Å². The highest BCUT2D eigenvalue weighted by molar-refractivity contribution is 6.22. The van der Waals surface area contributed by atoms with E-state index in [0.29, 0.717) is 17.7 Å². The first-order chi connectivity index (χ1) is 11.8. The highest BCUT2D eigenvalue weighted by Crippen LogP contribution is 2.25. The summed E-state index contributed by atoms with van der Waals surface area (Å²) in [4.78, 5) is 39.9. The van der Waals surface area contributed by atoms with Crippen molar-refractivity contribution < 1.29 is 14.4 Å². The molecule has 0 bridgehead atoms. The number of hydrogen-bond donors (Lipinski definition) is 0. The monoisotopic (exact) mass is 336 g/mol. The molecule has 0 aromatic heterocycles. The molecule has 5 nitrogen and oxygen atoms in total. The Hall–Kier alpha value is -2.95. The summed E-state index contributed by atoms with van der Waals surface area (Å²) in [6.45, 7) is 6.39. The predicted molar refractivity (Wildman–Crippen MR) is 96.1 cm³/mol. The number of benzene rings is 2. The third-order valence-electron chi connectivity index (χ3n) is 4.42. The minimum Gasteiger partial charge on any atom is -0.309 e. The molecule has 128 valence electrons. The van der Waals surface area contributed by atoms with E-state index in [9.17, 15) is 14.4 Å². The highest BCUT2D eigenvalue weighted by Gasteiger charge is 2.33. The zero-order valence-corrected chi connectivity index (χ0v) is 14.8. The summed E-state index contributed by atoms with van der Waals surface area (Å²) in [5, 5.41) is 0. The van der Waals surface area contributed by atoms with Crippen molar-refractivity contribution in [2.75, 3.05) is 18.5 Å². The third-order valence-corrected chi connectivity index (χ3v) is 4.42. The molecule has 3 amide bonds. The van der Waals surface area contributed by atoms with Crippen molar-refractivity contribution in [1.29, 1.82) is 0 Å². The molecule has 0 spiro atoms. The Balaban J connectivity index is 2.00. The van der Waals surface area contributed by atoms with Crippen LogP contribution < -0.4 is 4.90 Å². The van der Waals surface area contributed by atoms with Gasteiger partial charge in [0.1, 0.15) is 0 Å². The summed E-state index contributed by atoms with van der Waals surface area (Å²) in [5.74, 6) is -0.894. The summed E-state index contributed by atoms with van der Waals surface area (Å²) in [6, 6.07) is 10.7. The molecule has 3 rings (SSSR count). The maximum Gasteiger partial charge on any atom is 0.261 e. The summed E-state index contributed by atoms with van der Waals surface area (Å²) < 4.78 is 0. The van der Waals surface area contributed by atoms with Gasteiger partial charge in [0.15, 0.2) is 0 Å². The number of fused-ring (bicyclic) bond motifs is 1. The topological polar surface area (TPSA) is 57.7 Å². The van der Waals surface area contributed by atoms with Crippen LogP contribution in [0.4, 0.5) is 5.69 Å². The molecule has 1 aliphatic heterocycles. The molecule has 0 atom stereocenters. The van der Waals surface area contributed by atoms with Crippen LogP contribution in [0.1, 0.15) is 49.1 Å². The van der Waals surface area contributed by atoms with Crippen LogP contribution in [0.3, 0.4) is 0 Å². The summed E-state index contributed by atoms with van der Waals surface area (Å²) in [6.07, 6.45) is 0. The first-order valence-corrected chi connectivity index (χ1v) is 8.20. The van der Waals surface area contributed by atoms with Gasteiger partial charge in [0.2, 0.25) is 0 Å². The molecule has 2 aromatic carbocycles. The fourth-order valence-corrected chi connectivity index (χ4v) is 3.20. The Morgan fingerprint density at radius 3 is 2.16 bits per heavy atom. The van der Waals surface area contributed by atoms with Gasteiger partial charge in [-0.05, 0) is 62.2 Å². The van der Waals surface area contributed by atoms with Gasteiger partial charge in [-0.2, -0.15) is 0 Å². The van der Waals surface area contributed by atoms with Gasteiger partial charge >= 0.3 is 0 Å². The van der Waals surface area contributed by atoms with Gasteiger partial charge in [-0.3, -0.25) is 19.3 Å². The molecule has 1 aliphatic rings. The van der Waals surface area contributed by atoms with Crippen molar-refractivity contribution in [2.24, 2.45) is 0 Å². The van der Waals surface area contributed by atoms with Gasteiger partial charge in [0.25, 0.3) is 17.7 Å². The molecule has 2 aromatic rings. The fourth-order valence-electron chi connectivity index (χ4n) is 3.20. The minimum atomic E-state index is -0.371. The Bertz CT molecular complexity index is 882. The maximum absolute atomic E-state index is 13.0. The predicted octanol–water partition coefficient (Wildman–Crippen LogP) is 3.20. The van der Waals surface area contributed by atoms with Gasteiger partial charge in [-0.25, -0.2) is 0 Å². The van der Waals surface area contributed by atoms with E-state index in [2.05, 4.69) is 6.07 Å². The SMILES string of the molecule is CCN(C(=O)c1ccc2c(c1)C(=O)N(C)C2=O)c1cc(C)cc(C)c1. The van der Waals surface area contributed by atoms with E-state index in [1.165, 1.54) is 13.1 Å². The van der Waals surface area contributed by atoms with Crippen molar-refractivity contribution in [3.8, 4) is 0 Å². The standard InChI is InChI=1S/C20H20N2O3/c1-5-22(15-9-12(2)8-13(3)10-15)18(23)14-6-7-16-17(11-14)20(25)21(4)19(16)24/h6-11H,5H2,1-4H3. The van der Waals surface area contributed by atoms with Crippen molar-refractivity contribution in [3.63, 3.8) is 0 Å². The quantitative estimate of drug-likeness (QED) is 0.809. The zero-order valence-electron chi connectivity index (χ0n) is 14.8. The molecule has 1 heterocycles. The second-order valence-corrected chi connectivity index (χ2v) is 6.33. The first-order valence-electron chi connectivity index (χ1n) is 8.20. The average molecular weight is 336 g/mol. The summed E-state index contributed by atoms with van der Waals surface area (Å²) in [7, 11) is 1.44. The Morgan fingerprint density at radius 2 is 1.56 bits per heavy atom. The number of amides is 3. The molecule has 0 aliphatic carbocycles. The Kier molecular flexibility index (Phi) is 4.17. The number of aryl methyl sites for hydroxylation is 2. The van der Waals surface area contributed by atoms with Crippen molar-refractivity contribution in [1.82, 2.24) is 4.90 Å². The van der Waals surface area contributed by atoms with Crippen molar-refractivity contribution in [2.45, 2.75) is 20.8 Å². The van der Waals surface area contributed by atoms with Crippen LogP contribution in [0, 0.1) is 13.8 Å². The normalized spacial score (nSPS) is 13.2. The van der Waals surface area contributed by atoms with Crippen LogP contribution in [0.25, 0.3) is 0 Å². The van der Waals surface area contributed by atoms with Crippen LogP contribution in [-0.4, -0.2) is 36.2 Å². The second kappa shape index (κ2) is 6.16. The van der Waals surface area contributed by atoms with E-state index < -0.39 is 0 Å². The lowest BCUT2D eigenvalue weighted by atomic mass is 10.0. The fraction of sp³-hybridized carbons (Fsp3) is 0.250. The number of hydrogen-bond acceptors (Lipinski definition) is 3. The lowest BCUT2D eigenvalue weighted by Gasteiger charge is -2.22. The average Bonchev–Trinajstić information content (AvgIpc) is 2.79. The summed E-state index contributed by atoms with van der Waals surface area (Å²) in [5.41, 5.74) is 4.02. The van der Waals surface area contributed by atoms with E-state index in [1.807, 2.05) is 32.9 Å². The van der Waals surface area contributed by atoms with Gasteiger partial charge in [-0.15, -0.1) is 0 Å². The number of rotatable bonds is 3.